The highest BCUT2D eigenvalue weighted by Gasteiger charge is 2.19. The van der Waals surface area contributed by atoms with E-state index in [0.717, 1.165) is 26.2 Å². The Labute approximate surface area is 139 Å². The summed E-state index contributed by atoms with van der Waals surface area (Å²) in [5.41, 5.74) is 0.546. The van der Waals surface area contributed by atoms with E-state index in [0.29, 0.717) is 5.69 Å². The van der Waals surface area contributed by atoms with Gasteiger partial charge in [0.25, 0.3) is 0 Å². The van der Waals surface area contributed by atoms with Crippen LogP contribution in [-0.4, -0.2) is 63.9 Å². The van der Waals surface area contributed by atoms with E-state index in [-0.39, 0.29) is 24.8 Å². The van der Waals surface area contributed by atoms with Gasteiger partial charge in [0.15, 0.2) is 11.6 Å². The van der Waals surface area contributed by atoms with Crippen molar-refractivity contribution >= 4 is 5.91 Å². The van der Waals surface area contributed by atoms with Crippen LogP contribution in [0.15, 0.2) is 30.5 Å². The zero-order valence-electron chi connectivity index (χ0n) is 13.6. The number of para-hydroxylation sites is 1. The summed E-state index contributed by atoms with van der Waals surface area (Å²) in [6, 6.07) is 6.18. The number of piperazine rings is 1. The molecule has 1 aliphatic heterocycles. The lowest BCUT2D eigenvalue weighted by Crippen LogP contribution is -2.48. The molecule has 1 aromatic carbocycles. The molecule has 2 heterocycles. The summed E-state index contributed by atoms with van der Waals surface area (Å²) < 4.78 is 20.3. The van der Waals surface area contributed by atoms with E-state index in [2.05, 4.69) is 15.2 Å². The van der Waals surface area contributed by atoms with Gasteiger partial charge in [-0.05, 0) is 19.2 Å². The topological polar surface area (TPSA) is 63.5 Å². The van der Waals surface area contributed by atoms with Gasteiger partial charge < -0.3 is 14.5 Å². The minimum atomic E-state index is -0.421. The van der Waals surface area contributed by atoms with Crippen molar-refractivity contribution in [1.82, 2.24) is 24.8 Å². The first-order chi connectivity index (χ1) is 11.6. The molecule has 0 bridgehead atoms. The van der Waals surface area contributed by atoms with Crippen LogP contribution in [0.2, 0.25) is 0 Å². The van der Waals surface area contributed by atoms with Crippen molar-refractivity contribution in [2.24, 2.45) is 0 Å². The molecule has 24 heavy (non-hydrogen) atoms. The molecular formula is C16H20FN5O2. The van der Waals surface area contributed by atoms with Gasteiger partial charge in [-0.2, -0.15) is 0 Å². The molecule has 0 unspecified atom stereocenters. The number of carbonyl (C=O) groups is 1. The average Bonchev–Trinajstić information content (AvgIpc) is 3.02. The molecule has 1 fully saturated rings. The maximum atomic E-state index is 13.5. The van der Waals surface area contributed by atoms with Gasteiger partial charge in [0.1, 0.15) is 18.8 Å². The fourth-order valence-electron chi connectivity index (χ4n) is 2.49. The molecule has 0 spiro atoms. The van der Waals surface area contributed by atoms with Crippen LogP contribution in [0.3, 0.4) is 0 Å². The highest BCUT2D eigenvalue weighted by molar-refractivity contribution is 5.76. The van der Waals surface area contributed by atoms with E-state index >= 15 is 0 Å². The Morgan fingerprint density at radius 1 is 1.25 bits per heavy atom. The van der Waals surface area contributed by atoms with Crippen LogP contribution >= 0.6 is 0 Å². The summed E-state index contributed by atoms with van der Waals surface area (Å²) in [6.07, 6.45) is 1.65. The van der Waals surface area contributed by atoms with E-state index < -0.39 is 5.82 Å². The van der Waals surface area contributed by atoms with Crippen LogP contribution in [0.4, 0.5) is 4.39 Å². The van der Waals surface area contributed by atoms with Crippen LogP contribution in [0.5, 0.6) is 5.75 Å². The Morgan fingerprint density at radius 3 is 2.75 bits per heavy atom. The van der Waals surface area contributed by atoms with E-state index in [4.69, 9.17) is 4.74 Å². The minimum absolute atomic E-state index is 0.0228. The standard InChI is InChI=1S/C16H20FN5O2/c1-20-6-8-21(9-7-20)16(23)11-22-10-13(18-19-22)12-24-15-5-3-2-4-14(15)17/h2-5,10H,6-9,11-12H2,1H3. The van der Waals surface area contributed by atoms with Crippen LogP contribution < -0.4 is 4.74 Å². The SMILES string of the molecule is CN1CCN(C(=O)Cn2cc(COc3ccccc3F)nn2)CC1. The number of hydrogen-bond acceptors (Lipinski definition) is 5. The molecular weight excluding hydrogens is 313 g/mol. The molecule has 0 saturated carbocycles. The first kappa shape index (κ1) is 16.4. The van der Waals surface area contributed by atoms with Crippen molar-refractivity contribution in [2.75, 3.05) is 33.2 Å². The van der Waals surface area contributed by atoms with Crippen molar-refractivity contribution in [3.63, 3.8) is 0 Å². The summed E-state index contributed by atoms with van der Waals surface area (Å²) >= 11 is 0. The molecule has 8 heteroatoms. The van der Waals surface area contributed by atoms with Crippen LogP contribution in [0.25, 0.3) is 0 Å². The number of likely N-dealkylation sites (N-methyl/N-ethyl adjacent to an activating group) is 1. The number of nitrogens with zero attached hydrogens (tertiary/aromatic N) is 5. The number of amides is 1. The summed E-state index contributed by atoms with van der Waals surface area (Å²) in [7, 11) is 2.04. The molecule has 3 rings (SSSR count). The molecule has 0 atom stereocenters. The van der Waals surface area contributed by atoms with Gasteiger partial charge in [-0.1, -0.05) is 17.3 Å². The van der Waals surface area contributed by atoms with Gasteiger partial charge in [0.05, 0.1) is 6.20 Å². The smallest absolute Gasteiger partial charge is 0.244 e. The molecule has 1 amide bonds. The number of rotatable bonds is 5. The predicted octanol–water partition coefficient (Wildman–Crippen LogP) is 0.770. The lowest BCUT2D eigenvalue weighted by molar-refractivity contribution is -0.133. The Kier molecular flexibility index (Phi) is 5.05. The van der Waals surface area contributed by atoms with Gasteiger partial charge in [-0.3, -0.25) is 4.79 Å². The second-order valence-corrected chi connectivity index (χ2v) is 5.81. The normalized spacial score (nSPS) is 15.5. The molecule has 1 aliphatic rings. The van der Waals surface area contributed by atoms with E-state index in [1.165, 1.54) is 10.7 Å². The van der Waals surface area contributed by atoms with Crippen molar-refractivity contribution in [2.45, 2.75) is 13.2 Å². The van der Waals surface area contributed by atoms with Gasteiger partial charge in [-0.15, -0.1) is 5.10 Å². The number of benzene rings is 1. The number of carbonyl (C=O) groups excluding carboxylic acids is 1. The third-order valence-electron chi connectivity index (χ3n) is 3.95. The van der Waals surface area contributed by atoms with E-state index in [1.807, 2.05) is 11.9 Å². The largest absolute Gasteiger partial charge is 0.484 e. The number of ether oxygens (including phenoxy) is 1. The van der Waals surface area contributed by atoms with Crippen molar-refractivity contribution in [3.8, 4) is 5.75 Å². The molecule has 0 N–H and O–H groups in total. The summed E-state index contributed by atoms with van der Waals surface area (Å²) in [5, 5.41) is 7.89. The molecule has 0 radical (unpaired) electrons. The summed E-state index contributed by atoms with van der Waals surface area (Å²) in [6.45, 7) is 3.47. The highest BCUT2D eigenvalue weighted by atomic mass is 19.1. The molecule has 7 nitrogen and oxygen atoms in total. The monoisotopic (exact) mass is 333 g/mol. The van der Waals surface area contributed by atoms with Gasteiger partial charge in [-0.25, -0.2) is 9.07 Å². The highest BCUT2D eigenvalue weighted by Crippen LogP contribution is 2.16. The molecule has 128 valence electrons. The molecule has 2 aromatic rings. The quantitative estimate of drug-likeness (QED) is 0.809. The minimum Gasteiger partial charge on any atom is -0.484 e. The van der Waals surface area contributed by atoms with Crippen LogP contribution in [0.1, 0.15) is 5.69 Å². The van der Waals surface area contributed by atoms with Crippen molar-refractivity contribution in [1.29, 1.82) is 0 Å². The fraction of sp³-hybridized carbons (Fsp3) is 0.438. The Hall–Kier alpha value is -2.48. The van der Waals surface area contributed by atoms with E-state index in [9.17, 15) is 9.18 Å². The average molecular weight is 333 g/mol. The maximum absolute atomic E-state index is 13.5. The number of halogens is 1. The first-order valence-corrected chi connectivity index (χ1v) is 7.84. The van der Waals surface area contributed by atoms with E-state index in [1.54, 1.807) is 24.4 Å². The van der Waals surface area contributed by atoms with Crippen molar-refractivity contribution < 1.29 is 13.9 Å². The third-order valence-corrected chi connectivity index (χ3v) is 3.95. The summed E-state index contributed by atoms with van der Waals surface area (Å²) in [4.78, 5) is 16.3. The van der Waals surface area contributed by atoms with Crippen LogP contribution in [0, 0.1) is 5.82 Å². The molecule has 0 aliphatic carbocycles. The van der Waals surface area contributed by atoms with Crippen molar-refractivity contribution in [3.05, 3.63) is 42.0 Å². The summed E-state index contributed by atoms with van der Waals surface area (Å²) in [5.74, 6) is -0.231. The third kappa shape index (κ3) is 4.08. The predicted molar refractivity (Wildman–Crippen MR) is 84.8 cm³/mol. The zero-order valence-corrected chi connectivity index (χ0v) is 13.6. The number of hydrogen-bond donors (Lipinski definition) is 0. The van der Waals surface area contributed by atoms with Gasteiger partial charge in [0, 0.05) is 26.2 Å². The lowest BCUT2D eigenvalue weighted by atomic mass is 10.3. The Bertz CT molecular complexity index is 697. The number of aromatic nitrogens is 3. The zero-order chi connectivity index (χ0) is 16.9. The maximum Gasteiger partial charge on any atom is 0.244 e. The lowest BCUT2D eigenvalue weighted by Gasteiger charge is -2.32. The first-order valence-electron chi connectivity index (χ1n) is 7.84. The van der Waals surface area contributed by atoms with Gasteiger partial charge >= 0.3 is 0 Å². The molecule has 1 saturated heterocycles. The Morgan fingerprint density at radius 2 is 2.00 bits per heavy atom. The molecule has 1 aromatic heterocycles. The fourth-order valence-corrected chi connectivity index (χ4v) is 2.49. The van der Waals surface area contributed by atoms with Gasteiger partial charge in [0.2, 0.25) is 5.91 Å². The second kappa shape index (κ2) is 7.39. The Balaban J connectivity index is 1.52. The van der Waals surface area contributed by atoms with Crippen LogP contribution in [-0.2, 0) is 17.9 Å². The second-order valence-electron chi connectivity index (χ2n) is 5.81.